The van der Waals surface area contributed by atoms with E-state index >= 15 is 0 Å². The van der Waals surface area contributed by atoms with Gasteiger partial charge >= 0.3 is 0 Å². The zero-order valence-corrected chi connectivity index (χ0v) is 31.1. The van der Waals surface area contributed by atoms with Gasteiger partial charge in [-0.3, -0.25) is 14.6 Å². The molecule has 0 amide bonds. The molecule has 262 valence electrons. The monoisotopic (exact) mass is 713 g/mol. The second-order valence-electron chi connectivity index (χ2n) is 12.2. The van der Waals surface area contributed by atoms with Crippen LogP contribution >= 0.6 is 11.3 Å². The summed E-state index contributed by atoms with van der Waals surface area (Å²) in [5.41, 5.74) is 10.4. The van der Waals surface area contributed by atoms with Crippen LogP contribution in [-0.2, 0) is 6.42 Å². The van der Waals surface area contributed by atoms with Crippen molar-refractivity contribution in [1.29, 1.82) is 5.26 Å². The third-order valence-corrected chi connectivity index (χ3v) is 9.60. The summed E-state index contributed by atoms with van der Waals surface area (Å²) in [5, 5.41) is 14.0. The van der Waals surface area contributed by atoms with Gasteiger partial charge in [0.2, 0.25) is 0 Å². The lowest BCUT2D eigenvalue weighted by Gasteiger charge is -2.13. The Balaban J connectivity index is 0.000000174. The standard InChI is InChI=1S/C22H17N3OS.C21H16N2O.C2H6/c1-3-14-4-7-16(8-5-14)20-17-10-15(11-23)6-9-18(17)25-22(26)21(20)19-12-27-13(2)24-19;1-14-10-11-17-16(13-14)19(15-7-3-2-4-8-15)20(21(24)23-17)18-9-5-6-12-22-18;1-2/h4-10,12H,3H2,1-2H3,(H,25,26);2-13H,1H3,(H,23,24);1-2H3. The van der Waals surface area contributed by atoms with Crippen LogP contribution in [0.5, 0.6) is 0 Å². The van der Waals surface area contributed by atoms with Gasteiger partial charge in [-0.1, -0.05) is 93.1 Å². The van der Waals surface area contributed by atoms with Gasteiger partial charge in [-0.05, 0) is 79.4 Å². The fourth-order valence-corrected chi connectivity index (χ4v) is 6.96. The molecule has 0 aliphatic carbocycles. The van der Waals surface area contributed by atoms with E-state index in [2.05, 4.69) is 58.1 Å². The highest BCUT2D eigenvalue weighted by atomic mass is 32.1. The van der Waals surface area contributed by atoms with Crippen molar-refractivity contribution in [2.75, 3.05) is 0 Å². The van der Waals surface area contributed by atoms with E-state index in [1.165, 1.54) is 16.9 Å². The summed E-state index contributed by atoms with van der Waals surface area (Å²) in [7, 11) is 0. The predicted octanol–water partition coefficient (Wildman–Crippen LogP) is 10.7. The number of thiazole rings is 1. The molecule has 0 spiro atoms. The number of H-pyrrole nitrogens is 2. The van der Waals surface area contributed by atoms with E-state index in [4.69, 9.17) is 0 Å². The first-order valence-corrected chi connectivity index (χ1v) is 18.5. The number of nitriles is 1. The second kappa shape index (κ2) is 16.3. The van der Waals surface area contributed by atoms with Crippen LogP contribution in [0.4, 0.5) is 0 Å². The Bertz CT molecular complexity index is 2690. The van der Waals surface area contributed by atoms with E-state index in [0.29, 0.717) is 33.6 Å². The maximum atomic E-state index is 13.0. The van der Waals surface area contributed by atoms with Crippen molar-refractivity contribution in [3.8, 4) is 50.8 Å². The molecule has 0 saturated heterocycles. The third-order valence-electron chi connectivity index (χ3n) is 8.82. The number of hydrogen-bond donors (Lipinski definition) is 2. The Morgan fingerprint density at radius 2 is 1.28 bits per heavy atom. The van der Waals surface area contributed by atoms with Gasteiger partial charge in [-0.2, -0.15) is 5.26 Å². The number of fused-ring (bicyclic) bond motifs is 2. The summed E-state index contributed by atoms with van der Waals surface area (Å²) >= 11 is 1.51. The number of rotatable bonds is 5. The van der Waals surface area contributed by atoms with Gasteiger partial charge in [0, 0.05) is 44.5 Å². The minimum Gasteiger partial charge on any atom is -0.321 e. The molecule has 0 bridgehead atoms. The minimum atomic E-state index is -0.174. The number of aromatic amines is 2. The molecule has 8 heteroatoms. The quantitative estimate of drug-likeness (QED) is 0.184. The molecule has 0 unspecified atom stereocenters. The lowest BCUT2D eigenvalue weighted by atomic mass is 9.93. The molecular formula is C45H39N5O2S. The summed E-state index contributed by atoms with van der Waals surface area (Å²) < 4.78 is 0. The average molecular weight is 714 g/mol. The molecule has 4 aromatic carbocycles. The molecule has 8 rings (SSSR count). The Hall–Kier alpha value is -6.43. The highest BCUT2D eigenvalue weighted by Crippen LogP contribution is 2.37. The maximum absolute atomic E-state index is 13.0. The fourth-order valence-electron chi connectivity index (χ4n) is 6.36. The molecule has 53 heavy (non-hydrogen) atoms. The van der Waals surface area contributed by atoms with E-state index < -0.39 is 0 Å². The Labute approximate surface area is 312 Å². The molecule has 4 heterocycles. The lowest BCUT2D eigenvalue weighted by molar-refractivity contribution is 1.14. The Morgan fingerprint density at radius 3 is 1.87 bits per heavy atom. The number of nitrogens with one attached hydrogen (secondary N) is 2. The van der Waals surface area contributed by atoms with Crippen LogP contribution in [0.2, 0.25) is 0 Å². The molecular weight excluding hydrogens is 675 g/mol. The minimum absolute atomic E-state index is 0.121. The molecule has 2 N–H and O–H groups in total. The van der Waals surface area contributed by atoms with Gasteiger partial charge < -0.3 is 9.97 Å². The van der Waals surface area contributed by atoms with Gasteiger partial charge in [-0.15, -0.1) is 11.3 Å². The molecule has 7 nitrogen and oxygen atoms in total. The van der Waals surface area contributed by atoms with Crippen LogP contribution in [0.1, 0.15) is 42.5 Å². The van der Waals surface area contributed by atoms with E-state index in [-0.39, 0.29) is 11.1 Å². The van der Waals surface area contributed by atoms with Gasteiger partial charge in [0.25, 0.3) is 11.1 Å². The second-order valence-corrected chi connectivity index (χ2v) is 13.3. The van der Waals surface area contributed by atoms with Gasteiger partial charge in [0.05, 0.1) is 39.2 Å². The van der Waals surface area contributed by atoms with Crippen molar-refractivity contribution in [3.63, 3.8) is 0 Å². The summed E-state index contributed by atoms with van der Waals surface area (Å²) in [6.07, 6.45) is 2.66. The largest absolute Gasteiger partial charge is 0.321 e. The van der Waals surface area contributed by atoms with Gasteiger partial charge in [-0.25, -0.2) is 4.98 Å². The highest BCUT2D eigenvalue weighted by molar-refractivity contribution is 7.09. The number of pyridine rings is 3. The maximum Gasteiger partial charge on any atom is 0.258 e. The molecule has 8 aromatic rings. The zero-order chi connectivity index (χ0) is 37.5. The first kappa shape index (κ1) is 36.4. The zero-order valence-electron chi connectivity index (χ0n) is 30.3. The number of nitrogens with zero attached hydrogens (tertiary/aromatic N) is 3. The molecule has 4 aromatic heterocycles. The lowest BCUT2D eigenvalue weighted by Crippen LogP contribution is -2.12. The van der Waals surface area contributed by atoms with Crippen molar-refractivity contribution >= 4 is 33.1 Å². The first-order chi connectivity index (χ1) is 25.8. The third kappa shape index (κ3) is 7.62. The van der Waals surface area contributed by atoms with Crippen LogP contribution in [-0.4, -0.2) is 19.9 Å². The summed E-state index contributed by atoms with van der Waals surface area (Å²) in [6, 6.07) is 37.5. The van der Waals surface area contributed by atoms with E-state index in [1.807, 2.05) is 105 Å². The smallest absolute Gasteiger partial charge is 0.258 e. The topological polar surface area (TPSA) is 115 Å². The van der Waals surface area contributed by atoms with Crippen molar-refractivity contribution in [1.82, 2.24) is 19.9 Å². The SMILES string of the molecule is CC.CCc1ccc(-c2c(-c3csc(C)n3)c(=O)[nH]c3ccc(C#N)cc23)cc1.Cc1ccc2[nH]c(=O)c(-c3ccccn3)c(-c3ccccc3)c2c1. The van der Waals surface area contributed by atoms with Crippen molar-refractivity contribution in [3.05, 3.63) is 163 Å². The molecule has 0 aliphatic heterocycles. The average Bonchev–Trinajstić information content (AvgIpc) is 3.64. The van der Waals surface area contributed by atoms with Crippen LogP contribution in [0.3, 0.4) is 0 Å². The summed E-state index contributed by atoms with van der Waals surface area (Å²) in [6.45, 7) is 10.1. The van der Waals surface area contributed by atoms with Crippen LogP contribution in [0.15, 0.2) is 130 Å². The highest BCUT2D eigenvalue weighted by Gasteiger charge is 2.19. The predicted molar refractivity (Wildman–Crippen MR) is 219 cm³/mol. The normalized spacial score (nSPS) is 10.6. The van der Waals surface area contributed by atoms with Crippen LogP contribution in [0.25, 0.3) is 66.6 Å². The summed E-state index contributed by atoms with van der Waals surface area (Å²) in [5.74, 6) is 0. The van der Waals surface area contributed by atoms with Gasteiger partial charge in [0.15, 0.2) is 0 Å². The van der Waals surface area contributed by atoms with E-state index in [1.54, 1.807) is 18.3 Å². The Kier molecular flexibility index (Phi) is 11.2. The van der Waals surface area contributed by atoms with Gasteiger partial charge in [0.1, 0.15) is 0 Å². The van der Waals surface area contributed by atoms with Crippen molar-refractivity contribution < 1.29 is 0 Å². The van der Waals surface area contributed by atoms with Crippen LogP contribution < -0.4 is 11.1 Å². The van der Waals surface area contributed by atoms with Crippen LogP contribution in [0, 0.1) is 25.2 Å². The molecule has 0 fully saturated rings. The molecule has 0 radical (unpaired) electrons. The Morgan fingerprint density at radius 1 is 0.679 bits per heavy atom. The van der Waals surface area contributed by atoms with E-state index in [0.717, 1.165) is 55.5 Å². The van der Waals surface area contributed by atoms with Crippen molar-refractivity contribution in [2.24, 2.45) is 0 Å². The number of hydrogen-bond acceptors (Lipinski definition) is 6. The molecule has 0 atom stereocenters. The summed E-state index contributed by atoms with van der Waals surface area (Å²) in [4.78, 5) is 40.7. The number of benzene rings is 4. The fraction of sp³-hybridized carbons (Fsp3) is 0.133. The number of aryl methyl sites for hydroxylation is 3. The van der Waals surface area contributed by atoms with E-state index in [9.17, 15) is 14.9 Å². The molecule has 0 aliphatic rings. The molecule has 0 saturated carbocycles. The van der Waals surface area contributed by atoms with Crippen molar-refractivity contribution in [2.45, 2.75) is 41.0 Å². The first-order valence-electron chi connectivity index (χ1n) is 17.6. The number of aromatic nitrogens is 4.